The predicted octanol–water partition coefficient (Wildman–Crippen LogP) is 2.17. The average Bonchev–Trinajstić information content (AvgIpc) is 2.66. The van der Waals surface area contributed by atoms with Crippen molar-refractivity contribution in [2.24, 2.45) is 7.05 Å². The minimum absolute atomic E-state index is 0.136. The van der Waals surface area contributed by atoms with Crippen molar-refractivity contribution in [3.05, 3.63) is 29.5 Å². The Kier molecular flexibility index (Phi) is 3.25. The number of methoxy groups -OCH3 is 1. The molecule has 18 heavy (non-hydrogen) atoms. The number of aryl methyl sites for hydroxylation is 2. The maximum Gasteiger partial charge on any atom is 0.352 e. The van der Waals surface area contributed by atoms with Crippen LogP contribution < -0.4 is 4.74 Å². The molecule has 1 aromatic heterocycles. The maximum absolute atomic E-state index is 11.1. The van der Waals surface area contributed by atoms with Gasteiger partial charge in [-0.05, 0) is 24.6 Å². The molecule has 0 spiro atoms. The van der Waals surface area contributed by atoms with Crippen molar-refractivity contribution in [3.8, 4) is 5.75 Å². The van der Waals surface area contributed by atoms with Crippen LogP contribution in [-0.4, -0.2) is 29.5 Å². The third-order valence-electron chi connectivity index (χ3n) is 2.91. The highest BCUT2D eigenvalue weighted by molar-refractivity contribution is 5.97. The molecule has 0 unspecified atom stereocenters. The van der Waals surface area contributed by atoms with Crippen molar-refractivity contribution in [1.82, 2.24) is 4.57 Å². The van der Waals surface area contributed by atoms with E-state index in [4.69, 9.17) is 14.6 Å². The summed E-state index contributed by atoms with van der Waals surface area (Å²) in [7, 11) is 3.27. The lowest BCUT2D eigenvalue weighted by Crippen LogP contribution is -2.03. The van der Waals surface area contributed by atoms with Gasteiger partial charge in [-0.3, -0.25) is 0 Å². The Hall–Kier alpha value is -2.01. The van der Waals surface area contributed by atoms with Crippen LogP contribution in [0.2, 0.25) is 0 Å². The van der Waals surface area contributed by atoms with E-state index >= 15 is 0 Å². The molecule has 0 saturated carbocycles. The van der Waals surface area contributed by atoms with Crippen molar-refractivity contribution in [2.75, 3.05) is 13.9 Å². The van der Waals surface area contributed by atoms with E-state index < -0.39 is 5.97 Å². The van der Waals surface area contributed by atoms with Crippen molar-refractivity contribution < 1.29 is 19.4 Å². The number of ether oxygens (including phenoxy) is 2. The molecule has 2 rings (SSSR count). The zero-order valence-electron chi connectivity index (χ0n) is 10.6. The zero-order valence-corrected chi connectivity index (χ0v) is 10.6. The lowest BCUT2D eigenvalue weighted by atomic mass is 10.1. The number of rotatable bonds is 4. The molecule has 0 fully saturated rings. The molecule has 0 atom stereocenters. The van der Waals surface area contributed by atoms with E-state index in [1.807, 2.05) is 19.1 Å². The summed E-state index contributed by atoms with van der Waals surface area (Å²) in [4.78, 5) is 11.1. The highest BCUT2D eigenvalue weighted by Crippen LogP contribution is 2.31. The summed E-state index contributed by atoms with van der Waals surface area (Å²) >= 11 is 0. The largest absolute Gasteiger partial charge is 0.477 e. The first-order valence-corrected chi connectivity index (χ1v) is 5.50. The molecule has 2 aromatic rings. The number of fused-ring (bicyclic) bond motifs is 1. The zero-order chi connectivity index (χ0) is 13.3. The summed E-state index contributed by atoms with van der Waals surface area (Å²) < 4.78 is 12.0. The second kappa shape index (κ2) is 4.70. The molecule has 0 aliphatic rings. The van der Waals surface area contributed by atoms with Crippen LogP contribution in [0.4, 0.5) is 0 Å². The molecule has 1 aromatic carbocycles. The van der Waals surface area contributed by atoms with Crippen LogP contribution in [0.5, 0.6) is 5.75 Å². The summed E-state index contributed by atoms with van der Waals surface area (Å²) in [5.74, 6) is -0.290. The minimum Gasteiger partial charge on any atom is -0.477 e. The first-order valence-electron chi connectivity index (χ1n) is 5.50. The highest BCUT2D eigenvalue weighted by atomic mass is 16.7. The van der Waals surface area contributed by atoms with Gasteiger partial charge in [0.1, 0.15) is 11.4 Å². The van der Waals surface area contributed by atoms with Crippen LogP contribution in [-0.2, 0) is 11.8 Å². The minimum atomic E-state index is -0.955. The van der Waals surface area contributed by atoms with Gasteiger partial charge in [-0.15, -0.1) is 0 Å². The van der Waals surface area contributed by atoms with Gasteiger partial charge in [0.15, 0.2) is 6.79 Å². The number of benzene rings is 1. The normalized spacial score (nSPS) is 10.8. The summed E-state index contributed by atoms with van der Waals surface area (Å²) in [6, 6.07) is 5.41. The van der Waals surface area contributed by atoms with Crippen molar-refractivity contribution in [1.29, 1.82) is 0 Å². The molecule has 0 amide bonds. The second-order valence-electron chi connectivity index (χ2n) is 4.09. The number of nitrogens with zero attached hydrogens (tertiary/aromatic N) is 1. The predicted molar refractivity (Wildman–Crippen MR) is 67.1 cm³/mol. The van der Waals surface area contributed by atoms with Crippen LogP contribution in [0.1, 0.15) is 16.1 Å². The molecular formula is C13H15NO4. The van der Waals surface area contributed by atoms with Gasteiger partial charge in [0, 0.05) is 19.5 Å². The Balaban J connectivity index is 2.65. The lowest BCUT2D eigenvalue weighted by Gasteiger charge is -2.09. The van der Waals surface area contributed by atoms with Crippen molar-refractivity contribution in [2.45, 2.75) is 6.92 Å². The fraction of sp³-hybridized carbons (Fsp3) is 0.308. The topological polar surface area (TPSA) is 60.7 Å². The fourth-order valence-electron chi connectivity index (χ4n) is 2.01. The Morgan fingerprint density at radius 2 is 2.17 bits per heavy atom. The summed E-state index contributed by atoms with van der Waals surface area (Å²) in [5, 5.41) is 9.90. The summed E-state index contributed by atoms with van der Waals surface area (Å²) in [6.07, 6.45) is 0. The van der Waals surface area contributed by atoms with Crippen LogP contribution in [0.25, 0.3) is 10.9 Å². The van der Waals surface area contributed by atoms with Gasteiger partial charge in [-0.1, -0.05) is 6.07 Å². The molecule has 1 heterocycles. The van der Waals surface area contributed by atoms with E-state index in [0.717, 1.165) is 16.5 Å². The standard InChI is InChI=1S/C13H15NO4/c1-8-4-5-10-9(12(8)18-7-17-3)6-11(13(15)16)14(10)2/h4-6H,7H2,1-3H3,(H,15,16). The Labute approximate surface area is 105 Å². The summed E-state index contributed by atoms with van der Waals surface area (Å²) in [6.45, 7) is 2.05. The Bertz CT molecular complexity index is 601. The van der Waals surface area contributed by atoms with E-state index in [9.17, 15) is 4.79 Å². The number of hydrogen-bond acceptors (Lipinski definition) is 3. The Morgan fingerprint density at radius 3 is 2.78 bits per heavy atom. The molecule has 1 N–H and O–H groups in total. The van der Waals surface area contributed by atoms with Gasteiger partial charge in [0.05, 0.1) is 5.52 Å². The number of aromatic carboxylic acids is 1. The summed E-state index contributed by atoms with van der Waals surface area (Å²) in [5.41, 5.74) is 2.00. The van der Waals surface area contributed by atoms with Gasteiger partial charge in [-0.25, -0.2) is 4.79 Å². The van der Waals surface area contributed by atoms with E-state index in [-0.39, 0.29) is 12.5 Å². The van der Waals surface area contributed by atoms with E-state index in [0.29, 0.717) is 5.75 Å². The van der Waals surface area contributed by atoms with Crippen molar-refractivity contribution >= 4 is 16.9 Å². The molecule has 0 radical (unpaired) electrons. The van der Waals surface area contributed by atoms with Crippen LogP contribution >= 0.6 is 0 Å². The van der Waals surface area contributed by atoms with Gasteiger partial charge in [0.25, 0.3) is 0 Å². The molecule has 5 heteroatoms. The fourth-order valence-corrected chi connectivity index (χ4v) is 2.01. The average molecular weight is 249 g/mol. The number of aromatic nitrogens is 1. The molecule has 5 nitrogen and oxygen atoms in total. The molecule has 0 aliphatic carbocycles. The number of hydrogen-bond donors (Lipinski definition) is 1. The monoisotopic (exact) mass is 249 g/mol. The first kappa shape index (κ1) is 12.4. The number of carboxylic acids is 1. The first-order chi connectivity index (χ1) is 8.56. The van der Waals surface area contributed by atoms with Crippen LogP contribution in [0.15, 0.2) is 18.2 Å². The van der Waals surface area contributed by atoms with E-state index in [1.54, 1.807) is 24.8 Å². The van der Waals surface area contributed by atoms with Crippen molar-refractivity contribution in [3.63, 3.8) is 0 Å². The number of carbonyl (C=O) groups is 1. The maximum atomic E-state index is 11.1. The molecular weight excluding hydrogens is 234 g/mol. The molecule has 0 aliphatic heterocycles. The third-order valence-corrected chi connectivity index (χ3v) is 2.91. The molecule has 0 saturated heterocycles. The van der Waals surface area contributed by atoms with Crippen LogP contribution in [0, 0.1) is 6.92 Å². The van der Waals surface area contributed by atoms with Crippen LogP contribution in [0.3, 0.4) is 0 Å². The van der Waals surface area contributed by atoms with Gasteiger partial charge < -0.3 is 19.1 Å². The highest BCUT2D eigenvalue weighted by Gasteiger charge is 2.16. The Morgan fingerprint density at radius 1 is 1.44 bits per heavy atom. The molecule has 0 bridgehead atoms. The van der Waals surface area contributed by atoms with E-state index in [1.165, 1.54) is 0 Å². The lowest BCUT2D eigenvalue weighted by molar-refractivity contribution is 0.0517. The van der Waals surface area contributed by atoms with Gasteiger partial charge in [0.2, 0.25) is 0 Å². The number of carboxylic acid groups (broad SMARTS) is 1. The smallest absolute Gasteiger partial charge is 0.352 e. The van der Waals surface area contributed by atoms with E-state index in [2.05, 4.69) is 0 Å². The van der Waals surface area contributed by atoms with Gasteiger partial charge >= 0.3 is 5.97 Å². The third kappa shape index (κ3) is 1.93. The SMILES string of the molecule is COCOc1c(C)ccc2c1cc(C(=O)O)n2C. The van der Waals surface area contributed by atoms with Gasteiger partial charge in [-0.2, -0.15) is 0 Å². The molecule has 96 valence electrons. The quantitative estimate of drug-likeness (QED) is 0.843. The second-order valence-corrected chi connectivity index (χ2v) is 4.09.